The molecule has 0 saturated carbocycles. The molecule has 0 spiro atoms. The van der Waals surface area contributed by atoms with E-state index in [0.29, 0.717) is 22.6 Å². The van der Waals surface area contributed by atoms with Gasteiger partial charge in [0, 0.05) is 11.3 Å². The summed E-state index contributed by atoms with van der Waals surface area (Å²) >= 11 is 6.19. The van der Waals surface area contributed by atoms with Crippen molar-refractivity contribution in [3.63, 3.8) is 0 Å². The standard InChI is InChI=1S/C25H17ClN2O5/c1-33-20-10-7-16(12-19(20)26)23(30)21-22(15-3-2-4-18(29)11-15)28(25(32)24(21)31)17-8-5-14(13-27)6-9-17/h2-12,22,29-30H,1H3/b23-21-. The van der Waals surface area contributed by atoms with Crippen LogP contribution in [0.15, 0.2) is 72.3 Å². The van der Waals surface area contributed by atoms with E-state index in [1.54, 1.807) is 24.3 Å². The van der Waals surface area contributed by atoms with Crippen molar-refractivity contribution >= 4 is 34.7 Å². The van der Waals surface area contributed by atoms with E-state index in [9.17, 15) is 19.8 Å². The van der Waals surface area contributed by atoms with Gasteiger partial charge in [-0.3, -0.25) is 14.5 Å². The van der Waals surface area contributed by atoms with E-state index in [0.717, 1.165) is 0 Å². The number of carbonyl (C=O) groups is 2. The molecular formula is C25H17ClN2O5. The third-order valence-corrected chi connectivity index (χ3v) is 5.63. The number of phenols is 1. The number of aromatic hydroxyl groups is 1. The Labute approximate surface area is 194 Å². The molecule has 1 atom stereocenters. The summed E-state index contributed by atoms with van der Waals surface area (Å²) in [5, 5.41) is 30.4. The van der Waals surface area contributed by atoms with Gasteiger partial charge in [-0.05, 0) is 60.2 Å². The second-order valence-corrected chi connectivity index (χ2v) is 7.68. The molecule has 0 aliphatic carbocycles. The van der Waals surface area contributed by atoms with Crippen LogP contribution in [0.25, 0.3) is 5.76 Å². The summed E-state index contributed by atoms with van der Waals surface area (Å²) in [6, 6.07) is 17.7. The van der Waals surface area contributed by atoms with Crippen LogP contribution in [0.5, 0.6) is 11.5 Å². The first-order valence-corrected chi connectivity index (χ1v) is 10.2. The average molecular weight is 461 g/mol. The Kier molecular flexibility index (Phi) is 5.78. The zero-order chi connectivity index (χ0) is 23.7. The number of phenolic OH excluding ortho intramolecular Hbond substituents is 1. The van der Waals surface area contributed by atoms with Gasteiger partial charge in [0.25, 0.3) is 11.7 Å². The molecular weight excluding hydrogens is 444 g/mol. The lowest BCUT2D eigenvalue weighted by molar-refractivity contribution is -0.132. The Hall–Kier alpha value is -4.28. The van der Waals surface area contributed by atoms with Crippen molar-refractivity contribution in [1.29, 1.82) is 5.26 Å². The van der Waals surface area contributed by atoms with E-state index >= 15 is 0 Å². The normalized spacial score (nSPS) is 17.1. The quantitative estimate of drug-likeness (QED) is 0.335. The molecule has 164 valence electrons. The van der Waals surface area contributed by atoms with Crippen molar-refractivity contribution in [3.8, 4) is 17.6 Å². The van der Waals surface area contributed by atoms with Gasteiger partial charge in [-0.15, -0.1) is 0 Å². The first-order valence-electron chi connectivity index (χ1n) is 9.79. The van der Waals surface area contributed by atoms with Gasteiger partial charge in [-0.2, -0.15) is 5.26 Å². The Morgan fingerprint density at radius 3 is 2.42 bits per heavy atom. The third kappa shape index (κ3) is 3.88. The lowest BCUT2D eigenvalue weighted by atomic mass is 9.95. The number of aliphatic hydroxyl groups excluding tert-OH is 1. The number of carbonyl (C=O) groups excluding carboxylic acids is 2. The molecule has 3 aromatic rings. The molecule has 7 nitrogen and oxygen atoms in total. The number of anilines is 1. The number of aliphatic hydroxyl groups is 1. The van der Waals surface area contributed by atoms with Crippen LogP contribution in [0, 0.1) is 11.3 Å². The lowest BCUT2D eigenvalue weighted by Crippen LogP contribution is -2.29. The number of benzene rings is 3. The van der Waals surface area contributed by atoms with Crippen molar-refractivity contribution in [2.24, 2.45) is 0 Å². The summed E-state index contributed by atoms with van der Waals surface area (Å²) in [6.07, 6.45) is 0. The Bertz CT molecular complexity index is 1340. The number of ketones is 1. The number of halogens is 1. The molecule has 4 rings (SSSR count). The van der Waals surface area contributed by atoms with Crippen molar-refractivity contribution in [2.45, 2.75) is 6.04 Å². The van der Waals surface area contributed by atoms with Crippen LogP contribution >= 0.6 is 11.6 Å². The van der Waals surface area contributed by atoms with Crippen molar-refractivity contribution in [1.82, 2.24) is 0 Å². The van der Waals surface area contributed by atoms with Crippen LogP contribution < -0.4 is 9.64 Å². The van der Waals surface area contributed by atoms with E-state index in [1.807, 2.05) is 6.07 Å². The fourth-order valence-electron chi connectivity index (χ4n) is 3.77. The van der Waals surface area contributed by atoms with Gasteiger partial charge in [-0.25, -0.2) is 0 Å². The van der Waals surface area contributed by atoms with Gasteiger partial charge < -0.3 is 14.9 Å². The second kappa shape index (κ2) is 8.69. The molecule has 2 N–H and O–H groups in total. The molecule has 1 aliphatic rings. The van der Waals surface area contributed by atoms with Crippen molar-refractivity contribution < 1.29 is 24.5 Å². The number of methoxy groups -OCH3 is 1. The smallest absolute Gasteiger partial charge is 0.300 e. The number of ether oxygens (including phenoxy) is 1. The van der Waals surface area contributed by atoms with E-state index in [2.05, 4.69) is 0 Å². The highest BCUT2D eigenvalue weighted by Gasteiger charge is 2.47. The predicted molar refractivity (Wildman–Crippen MR) is 122 cm³/mol. The van der Waals surface area contributed by atoms with Crippen LogP contribution in [0.1, 0.15) is 22.7 Å². The Morgan fingerprint density at radius 1 is 1.09 bits per heavy atom. The van der Waals surface area contributed by atoms with E-state index < -0.39 is 23.5 Å². The largest absolute Gasteiger partial charge is 0.508 e. The topological polar surface area (TPSA) is 111 Å². The number of nitriles is 1. The molecule has 1 aliphatic heterocycles. The van der Waals surface area contributed by atoms with Crippen molar-refractivity contribution in [3.05, 3.63) is 94.0 Å². The maximum Gasteiger partial charge on any atom is 0.300 e. The molecule has 8 heteroatoms. The first-order chi connectivity index (χ1) is 15.8. The molecule has 1 heterocycles. The van der Waals surface area contributed by atoms with Gasteiger partial charge in [-0.1, -0.05) is 23.7 Å². The molecule has 3 aromatic carbocycles. The highest BCUT2D eigenvalue weighted by molar-refractivity contribution is 6.51. The summed E-state index contributed by atoms with van der Waals surface area (Å²) in [7, 11) is 1.45. The number of Topliss-reactive ketones (excluding diaryl/α,β-unsaturated/α-hetero) is 1. The summed E-state index contributed by atoms with van der Waals surface area (Å²) in [6.45, 7) is 0. The first kappa shape index (κ1) is 21.9. The van der Waals surface area contributed by atoms with Crippen LogP contribution in [0.4, 0.5) is 5.69 Å². The maximum atomic E-state index is 13.1. The molecule has 0 radical (unpaired) electrons. The second-order valence-electron chi connectivity index (χ2n) is 7.27. The minimum Gasteiger partial charge on any atom is -0.508 e. The highest BCUT2D eigenvalue weighted by atomic mass is 35.5. The van der Waals surface area contributed by atoms with Gasteiger partial charge in [0.15, 0.2) is 0 Å². The lowest BCUT2D eigenvalue weighted by Gasteiger charge is -2.25. The summed E-state index contributed by atoms with van der Waals surface area (Å²) in [4.78, 5) is 27.5. The Morgan fingerprint density at radius 2 is 1.82 bits per heavy atom. The number of nitrogens with zero attached hydrogens (tertiary/aromatic N) is 2. The van der Waals surface area contributed by atoms with Crippen molar-refractivity contribution in [2.75, 3.05) is 12.0 Å². The summed E-state index contributed by atoms with van der Waals surface area (Å²) < 4.78 is 5.13. The molecule has 1 saturated heterocycles. The minimum atomic E-state index is -1.02. The van der Waals surface area contributed by atoms with Gasteiger partial charge in [0.05, 0.1) is 35.4 Å². The zero-order valence-electron chi connectivity index (χ0n) is 17.3. The van der Waals surface area contributed by atoms with E-state index in [4.69, 9.17) is 21.6 Å². The van der Waals surface area contributed by atoms with Gasteiger partial charge in [0.1, 0.15) is 17.3 Å². The van der Waals surface area contributed by atoms with Gasteiger partial charge in [0.2, 0.25) is 0 Å². The molecule has 33 heavy (non-hydrogen) atoms. The summed E-state index contributed by atoms with van der Waals surface area (Å²) in [5.74, 6) is -1.84. The number of rotatable bonds is 4. The maximum absolute atomic E-state index is 13.1. The monoisotopic (exact) mass is 460 g/mol. The van der Waals surface area contributed by atoms with Crippen LogP contribution in [-0.4, -0.2) is 29.0 Å². The number of hydrogen-bond donors (Lipinski definition) is 2. The van der Waals surface area contributed by atoms with E-state index in [-0.39, 0.29) is 21.9 Å². The molecule has 1 unspecified atom stereocenters. The SMILES string of the molecule is COc1ccc(/C(O)=C2/C(=O)C(=O)N(c3ccc(C#N)cc3)C2c2cccc(O)c2)cc1Cl. The molecule has 0 aromatic heterocycles. The fourth-order valence-corrected chi connectivity index (χ4v) is 4.03. The number of amides is 1. The van der Waals surface area contributed by atoms with E-state index in [1.165, 1.54) is 54.5 Å². The summed E-state index contributed by atoms with van der Waals surface area (Å²) in [5.41, 5.74) is 1.23. The average Bonchev–Trinajstić information content (AvgIpc) is 3.09. The fraction of sp³-hybridized carbons (Fsp3) is 0.0800. The zero-order valence-corrected chi connectivity index (χ0v) is 18.1. The third-order valence-electron chi connectivity index (χ3n) is 5.33. The Balaban J connectivity index is 1.94. The number of hydrogen-bond acceptors (Lipinski definition) is 6. The minimum absolute atomic E-state index is 0.0644. The molecule has 1 amide bonds. The van der Waals surface area contributed by atoms with Crippen LogP contribution in [-0.2, 0) is 9.59 Å². The molecule has 0 bridgehead atoms. The highest BCUT2D eigenvalue weighted by Crippen LogP contribution is 2.43. The van der Waals surface area contributed by atoms with Crippen LogP contribution in [0.2, 0.25) is 5.02 Å². The van der Waals surface area contributed by atoms with Gasteiger partial charge >= 0.3 is 0 Å². The molecule has 1 fully saturated rings. The predicted octanol–water partition coefficient (Wildman–Crippen LogP) is 4.55. The van der Waals surface area contributed by atoms with Crippen LogP contribution in [0.3, 0.4) is 0 Å².